The normalized spacial score (nSPS) is 13.3. The lowest BCUT2D eigenvalue weighted by atomic mass is 10.0. The summed E-state index contributed by atoms with van der Waals surface area (Å²) in [5.41, 5.74) is 0.915. The lowest BCUT2D eigenvalue weighted by Crippen LogP contribution is -2.29. The molecule has 0 radical (unpaired) electrons. The summed E-state index contributed by atoms with van der Waals surface area (Å²) in [6.45, 7) is 1.70. The largest absolute Gasteiger partial charge is 0.475 e. The van der Waals surface area contributed by atoms with Crippen molar-refractivity contribution in [3.63, 3.8) is 0 Å². The summed E-state index contributed by atoms with van der Waals surface area (Å²) in [4.78, 5) is 22.2. The number of hydrogen-bond acceptors (Lipinski definition) is 6. The first-order valence-corrected chi connectivity index (χ1v) is 6.90. The van der Waals surface area contributed by atoms with E-state index in [1.165, 1.54) is 24.3 Å². The Labute approximate surface area is 131 Å². The van der Waals surface area contributed by atoms with Crippen LogP contribution < -0.4 is 0 Å². The lowest BCUT2D eigenvalue weighted by molar-refractivity contribution is -0.159. The van der Waals surface area contributed by atoms with Crippen LogP contribution in [0, 0.1) is 0 Å². The number of aromatic carboxylic acids is 1. The van der Waals surface area contributed by atoms with Gasteiger partial charge in [0.25, 0.3) is 0 Å². The third-order valence-corrected chi connectivity index (χ3v) is 3.18. The highest BCUT2D eigenvalue weighted by molar-refractivity contribution is 5.85. The van der Waals surface area contributed by atoms with Gasteiger partial charge in [0.1, 0.15) is 11.9 Å². The number of carboxylic acid groups (broad SMARTS) is 1. The van der Waals surface area contributed by atoms with Crippen molar-refractivity contribution in [1.82, 2.24) is 0 Å². The minimum Gasteiger partial charge on any atom is -0.475 e. The molecule has 23 heavy (non-hydrogen) atoms. The van der Waals surface area contributed by atoms with Crippen LogP contribution >= 0.6 is 0 Å². The summed E-state index contributed by atoms with van der Waals surface area (Å²) < 4.78 is 9.81. The van der Waals surface area contributed by atoms with Crippen molar-refractivity contribution in [3.8, 4) is 11.3 Å². The fourth-order valence-corrected chi connectivity index (χ4v) is 1.99. The molecule has 0 aliphatic rings. The number of carboxylic acids is 1. The Bertz CT molecular complexity index is 687. The molecule has 7 heteroatoms. The predicted molar refractivity (Wildman–Crippen MR) is 78.7 cm³/mol. The van der Waals surface area contributed by atoms with E-state index in [4.69, 9.17) is 9.52 Å². The van der Waals surface area contributed by atoms with E-state index in [-0.39, 0.29) is 12.4 Å². The summed E-state index contributed by atoms with van der Waals surface area (Å²) in [7, 11) is 0. The molecule has 0 fully saturated rings. The van der Waals surface area contributed by atoms with Crippen LogP contribution in [0.15, 0.2) is 40.8 Å². The predicted octanol–water partition coefficient (Wildman–Crippen LogP) is 1.60. The van der Waals surface area contributed by atoms with Gasteiger partial charge in [-0.2, -0.15) is 0 Å². The Kier molecular flexibility index (Phi) is 5.15. The molecular formula is C16H16O7. The zero-order chi connectivity index (χ0) is 17.0. The molecular weight excluding hydrogens is 304 g/mol. The van der Waals surface area contributed by atoms with Crippen molar-refractivity contribution in [2.75, 3.05) is 6.61 Å². The number of furan rings is 1. The fourth-order valence-electron chi connectivity index (χ4n) is 1.99. The van der Waals surface area contributed by atoms with Crippen LogP contribution in [0.4, 0.5) is 0 Å². The van der Waals surface area contributed by atoms with E-state index in [9.17, 15) is 19.8 Å². The number of aliphatic hydroxyl groups excluding tert-OH is 2. The molecule has 2 atom stereocenters. The monoisotopic (exact) mass is 320 g/mol. The van der Waals surface area contributed by atoms with Crippen LogP contribution in [0.5, 0.6) is 0 Å². The van der Waals surface area contributed by atoms with Crippen LogP contribution in [0.2, 0.25) is 0 Å². The van der Waals surface area contributed by atoms with Crippen LogP contribution in [-0.4, -0.2) is 40.0 Å². The van der Waals surface area contributed by atoms with E-state index >= 15 is 0 Å². The zero-order valence-corrected chi connectivity index (χ0v) is 12.3. The molecule has 0 saturated heterocycles. The van der Waals surface area contributed by atoms with Gasteiger partial charge in [-0.15, -0.1) is 0 Å². The molecule has 0 bridgehead atoms. The molecule has 3 N–H and O–H groups in total. The zero-order valence-electron chi connectivity index (χ0n) is 12.3. The van der Waals surface area contributed by atoms with E-state index in [1.807, 2.05) is 0 Å². The van der Waals surface area contributed by atoms with E-state index in [1.54, 1.807) is 19.1 Å². The summed E-state index contributed by atoms with van der Waals surface area (Å²) in [5.74, 6) is -1.89. The molecule has 0 amide bonds. The second-order valence-electron chi connectivity index (χ2n) is 4.73. The van der Waals surface area contributed by atoms with Gasteiger partial charge in [-0.05, 0) is 24.6 Å². The van der Waals surface area contributed by atoms with Crippen molar-refractivity contribution >= 4 is 11.9 Å². The van der Waals surface area contributed by atoms with Gasteiger partial charge in [0.15, 0.2) is 6.10 Å². The number of hydrogen-bond donors (Lipinski definition) is 3. The van der Waals surface area contributed by atoms with E-state index in [2.05, 4.69) is 4.74 Å². The first-order valence-electron chi connectivity index (χ1n) is 6.90. The third-order valence-electron chi connectivity index (χ3n) is 3.18. The van der Waals surface area contributed by atoms with Gasteiger partial charge in [-0.1, -0.05) is 24.3 Å². The Balaban J connectivity index is 2.15. The fraction of sp³-hybridized carbons (Fsp3) is 0.250. The van der Waals surface area contributed by atoms with Crippen LogP contribution in [0.1, 0.15) is 29.1 Å². The number of benzene rings is 1. The van der Waals surface area contributed by atoms with E-state index in [0.29, 0.717) is 16.9 Å². The molecule has 1 aromatic carbocycles. The van der Waals surface area contributed by atoms with Gasteiger partial charge in [0.2, 0.25) is 5.76 Å². The first kappa shape index (κ1) is 16.7. The molecule has 0 spiro atoms. The average Bonchev–Trinajstić information content (AvgIpc) is 3.04. The molecule has 2 rings (SSSR count). The van der Waals surface area contributed by atoms with Gasteiger partial charge >= 0.3 is 11.9 Å². The Hall–Kier alpha value is -2.64. The number of rotatable bonds is 6. The molecule has 1 aromatic heterocycles. The van der Waals surface area contributed by atoms with Gasteiger partial charge in [0.05, 0.1) is 6.61 Å². The van der Waals surface area contributed by atoms with Crippen molar-refractivity contribution in [2.45, 2.75) is 19.1 Å². The van der Waals surface area contributed by atoms with Crippen molar-refractivity contribution < 1.29 is 34.1 Å². The molecule has 2 unspecified atom stereocenters. The average molecular weight is 320 g/mol. The molecule has 1 heterocycles. The highest BCUT2D eigenvalue weighted by Gasteiger charge is 2.26. The van der Waals surface area contributed by atoms with Crippen molar-refractivity contribution in [1.29, 1.82) is 0 Å². The number of ether oxygens (including phenoxy) is 1. The molecule has 0 aliphatic heterocycles. The standard InChI is InChI=1S/C16H16O7/c1-2-22-16(21)14(18)13(17)10-5-3-9(4-6-10)11-7-8-12(23-11)15(19)20/h3-8,13-14,17-18H,2H2,1H3,(H,19,20). The highest BCUT2D eigenvalue weighted by Crippen LogP contribution is 2.25. The quantitative estimate of drug-likeness (QED) is 0.692. The number of carbonyl (C=O) groups is 2. The van der Waals surface area contributed by atoms with Gasteiger partial charge < -0.3 is 24.5 Å². The summed E-state index contributed by atoms with van der Waals surface area (Å²) in [6.07, 6.45) is -3.10. The third kappa shape index (κ3) is 3.77. The van der Waals surface area contributed by atoms with E-state index < -0.39 is 24.1 Å². The minimum absolute atomic E-state index is 0.103. The van der Waals surface area contributed by atoms with Crippen LogP contribution in [0.25, 0.3) is 11.3 Å². The van der Waals surface area contributed by atoms with Crippen molar-refractivity contribution in [2.24, 2.45) is 0 Å². The van der Waals surface area contributed by atoms with Crippen molar-refractivity contribution in [3.05, 3.63) is 47.7 Å². The Morgan fingerprint density at radius 1 is 1.13 bits per heavy atom. The molecule has 122 valence electrons. The Morgan fingerprint density at radius 2 is 1.78 bits per heavy atom. The smallest absolute Gasteiger partial charge is 0.371 e. The number of esters is 1. The molecule has 2 aromatic rings. The first-order chi connectivity index (χ1) is 10.9. The summed E-state index contributed by atoms with van der Waals surface area (Å²) in [5, 5.41) is 28.5. The second-order valence-corrected chi connectivity index (χ2v) is 4.73. The number of carbonyl (C=O) groups excluding carboxylic acids is 1. The highest BCUT2D eigenvalue weighted by atomic mass is 16.5. The topological polar surface area (TPSA) is 117 Å². The van der Waals surface area contributed by atoms with Crippen LogP contribution in [0.3, 0.4) is 0 Å². The molecule has 7 nitrogen and oxygen atoms in total. The van der Waals surface area contributed by atoms with Gasteiger partial charge in [0, 0.05) is 5.56 Å². The minimum atomic E-state index is -1.68. The van der Waals surface area contributed by atoms with Gasteiger partial charge in [-0.3, -0.25) is 0 Å². The summed E-state index contributed by atoms with van der Waals surface area (Å²) in [6, 6.07) is 9.03. The number of aliphatic hydroxyl groups is 2. The van der Waals surface area contributed by atoms with Crippen LogP contribution in [-0.2, 0) is 9.53 Å². The maximum Gasteiger partial charge on any atom is 0.371 e. The maximum atomic E-state index is 11.4. The maximum absolute atomic E-state index is 11.4. The van der Waals surface area contributed by atoms with Gasteiger partial charge in [-0.25, -0.2) is 9.59 Å². The SMILES string of the molecule is CCOC(=O)C(O)C(O)c1ccc(-c2ccc(C(=O)O)o2)cc1. The second kappa shape index (κ2) is 7.08. The molecule has 0 saturated carbocycles. The Morgan fingerprint density at radius 3 is 2.30 bits per heavy atom. The molecule has 0 aliphatic carbocycles. The van der Waals surface area contributed by atoms with E-state index in [0.717, 1.165) is 0 Å². The summed E-state index contributed by atoms with van der Waals surface area (Å²) >= 11 is 0. The lowest BCUT2D eigenvalue weighted by Gasteiger charge is -2.16.